The van der Waals surface area contributed by atoms with E-state index in [4.69, 9.17) is 0 Å². The summed E-state index contributed by atoms with van der Waals surface area (Å²) in [5.74, 6) is -0.165. The van der Waals surface area contributed by atoms with Crippen molar-refractivity contribution in [1.82, 2.24) is 9.88 Å². The van der Waals surface area contributed by atoms with Crippen molar-refractivity contribution in [1.29, 1.82) is 0 Å². The number of nitrogens with one attached hydrogen (secondary N) is 1. The first-order chi connectivity index (χ1) is 8.65. The summed E-state index contributed by atoms with van der Waals surface area (Å²) in [7, 11) is 2.00. The van der Waals surface area contributed by atoms with Crippen LogP contribution in [0.1, 0.15) is 24.6 Å². The maximum atomic E-state index is 13.3. The Morgan fingerprint density at radius 3 is 2.83 bits per heavy atom. The molecule has 1 aromatic heterocycles. The third-order valence-electron chi connectivity index (χ3n) is 3.62. The molecule has 1 heterocycles. The van der Waals surface area contributed by atoms with Crippen LogP contribution in [0.15, 0.2) is 18.2 Å². The van der Waals surface area contributed by atoms with E-state index < -0.39 is 0 Å². The Morgan fingerprint density at radius 1 is 1.33 bits per heavy atom. The van der Waals surface area contributed by atoms with Crippen LogP contribution >= 0.6 is 0 Å². The average Bonchev–Trinajstić information content (AvgIpc) is 2.59. The summed E-state index contributed by atoms with van der Waals surface area (Å²) in [6.45, 7) is 6.28. The number of aromatic nitrogens is 1. The van der Waals surface area contributed by atoms with Crippen LogP contribution in [-0.2, 0) is 13.5 Å². The summed E-state index contributed by atoms with van der Waals surface area (Å²) < 4.78 is 15.4. The lowest BCUT2D eigenvalue weighted by molar-refractivity contribution is 0.629. The second-order valence-electron chi connectivity index (χ2n) is 4.74. The molecular weight excluding hydrogens is 227 g/mol. The van der Waals surface area contributed by atoms with Gasteiger partial charge >= 0.3 is 0 Å². The number of benzene rings is 1. The lowest BCUT2D eigenvalue weighted by Gasteiger charge is -2.03. The molecule has 1 aromatic carbocycles. The molecule has 0 unspecified atom stereocenters. The Balaban J connectivity index is 2.29. The van der Waals surface area contributed by atoms with Crippen LogP contribution in [0.3, 0.4) is 0 Å². The van der Waals surface area contributed by atoms with Crippen LogP contribution < -0.4 is 5.32 Å². The van der Waals surface area contributed by atoms with E-state index in [1.807, 2.05) is 13.1 Å². The molecule has 0 spiro atoms. The van der Waals surface area contributed by atoms with E-state index in [-0.39, 0.29) is 5.82 Å². The highest BCUT2D eigenvalue weighted by molar-refractivity contribution is 5.85. The lowest BCUT2D eigenvalue weighted by atomic mass is 10.1. The smallest absolute Gasteiger partial charge is 0.125 e. The summed E-state index contributed by atoms with van der Waals surface area (Å²) in [6.07, 6.45) is 2.16. The van der Waals surface area contributed by atoms with Gasteiger partial charge in [0, 0.05) is 18.1 Å². The standard InChI is InChI=1S/C15H21FN2/c1-4-17-9-5-6-13-11(2)18(3)15-10-12(16)7-8-14(13)15/h7-8,10,17H,4-6,9H2,1-3H3. The van der Waals surface area contributed by atoms with Crippen molar-refractivity contribution < 1.29 is 4.39 Å². The van der Waals surface area contributed by atoms with Gasteiger partial charge in [0.05, 0.1) is 5.52 Å². The van der Waals surface area contributed by atoms with E-state index in [9.17, 15) is 4.39 Å². The van der Waals surface area contributed by atoms with E-state index in [0.717, 1.165) is 31.4 Å². The van der Waals surface area contributed by atoms with Crippen molar-refractivity contribution in [2.75, 3.05) is 13.1 Å². The van der Waals surface area contributed by atoms with E-state index in [1.54, 1.807) is 12.1 Å². The van der Waals surface area contributed by atoms with Crippen LogP contribution in [-0.4, -0.2) is 17.7 Å². The lowest BCUT2D eigenvalue weighted by Crippen LogP contribution is -2.14. The molecule has 0 saturated carbocycles. The third kappa shape index (κ3) is 2.41. The van der Waals surface area contributed by atoms with Crippen molar-refractivity contribution in [3.63, 3.8) is 0 Å². The molecule has 2 rings (SSSR count). The summed E-state index contributed by atoms with van der Waals surface area (Å²) in [5, 5.41) is 4.52. The van der Waals surface area contributed by atoms with Gasteiger partial charge in [0.15, 0.2) is 0 Å². The molecule has 0 aliphatic heterocycles. The largest absolute Gasteiger partial charge is 0.348 e. The zero-order valence-corrected chi connectivity index (χ0v) is 11.4. The number of aryl methyl sites for hydroxylation is 2. The molecule has 2 nitrogen and oxygen atoms in total. The molecule has 3 heteroatoms. The predicted octanol–water partition coefficient (Wildman–Crippen LogP) is 3.17. The first-order valence-electron chi connectivity index (χ1n) is 6.59. The molecule has 0 bridgehead atoms. The van der Waals surface area contributed by atoms with Gasteiger partial charge in [0.2, 0.25) is 0 Å². The molecule has 0 amide bonds. The fourth-order valence-corrected chi connectivity index (χ4v) is 2.50. The molecule has 18 heavy (non-hydrogen) atoms. The Morgan fingerprint density at radius 2 is 2.11 bits per heavy atom. The minimum absolute atomic E-state index is 0.165. The number of hydrogen-bond acceptors (Lipinski definition) is 1. The normalized spacial score (nSPS) is 11.3. The minimum atomic E-state index is -0.165. The van der Waals surface area contributed by atoms with Gasteiger partial charge in [-0.05, 0) is 56.6 Å². The molecular formula is C15H21FN2. The van der Waals surface area contributed by atoms with Crippen molar-refractivity contribution >= 4 is 10.9 Å². The SMILES string of the molecule is CCNCCCc1c(C)n(C)c2cc(F)ccc12. The second kappa shape index (κ2) is 5.53. The summed E-state index contributed by atoms with van der Waals surface area (Å²) in [5.41, 5.74) is 3.59. The molecule has 98 valence electrons. The minimum Gasteiger partial charge on any atom is -0.348 e. The van der Waals surface area contributed by atoms with Crippen molar-refractivity contribution in [2.45, 2.75) is 26.7 Å². The highest BCUT2D eigenvalue weighted by atomic mass is 19.1. The predicted molar refractivity (Wildman–Crippen MR) is 74.5 cm³/mol. The Kier molecular flexibility index (Phi) is 4.02. The highest BCUT2D eigenvalue weighted by Gasteiger charge is 2.11. The van der Waals surface area contributed by atoms with Crippen LogP contribution in [0, 0.1) is 12.7 Å². The van der Waals surface area contributed by atoms with Gasteiger partial charge in [-0.25, -0.2) is 4.39 Å². The molecule has 0 aliphatic rings. The van der Waals surface area contributed by atoms with Crippen molar-refractivity contribution in [2.24, 2.45) is 7.05 Å². The van der Waals surface area contributed by atoms with Crippen LogP contribution in [0.2, 0.25) is 0 Å². The molecule has 0 saturated heterocycles. The Bertz CT molecular complexity index is 543. The van der Waals surface area contributed by atoms with Gasteiger partial charge in [0.25, 0.3) is 0 Å². The fraction of sp³-hybridized carbons (Fsp3) is 0.467. The molecule has 0 atom stereocenters. The van der Waals surface area contributed by atoms with E-state index in [0.29, 0.717) is 0 Å². The second-order valence-corrected chi connectivity index (χ2v) is 4.74. The molecule has 2 aromatic rings. The zero-order valence-electron chi connectivity index (χ0n) is 11.4. The van der Waals surface area contributed by atoms with Gasteiger partial charge in [-0.2, -0.15) is 0 Å². The topological polar surface area (TPSA) is 17.0 Å². The molecule has 0 aliphatic carbocycles. The number of rotatable bonds is 5. The van der Waals surface area contributed by atoms with Gasteiger partial charge in [-0.3, -0.25) is 0 Å². The Hall–Kier alpha value is -1.35. The summed E-state index contributed by atoms with van der Waals surface area (Å²) in [4.78, 5) is 0. The Labute approximate surface area is 108 Å². The average molecular weight is 248 g/mol. The number of halogens is 1. The molecule has 0 radical (unpaired) electrons. The summed E-state index contributed by atoms with van der Waals surface area (Å²) >= 11 is 0. The van der Waals surface area contributed by atoms with Gasteiger partial charge in [-0.1, -0.05) is 6.92 Å². The van der Waals surface area contributed by atoms with Crippen molar-refractivity contribution in [3.05, 3.63) is 35.3 Å². The number of fused-ring (bicyclic) bond motifs is 1. The monoisotopic (exact) mass is 248 g/mol. The maximum Gasteiger partial charge on any atom is 0.125 e. The van der Waals surface area contributed by atoms with Gasteiger partial charge in [0.1, 0.15) is 5.82 Å². The van der Waals surface area contributed by atoms with Crippen LogP contribution in [0.4, 0.5) is 4.39 Å². The first-order valence-corrected chi connectivity index (χ1v) is 6.59. The summed E-state index contributed by atoms with van der Waals surface area (Å²) in [6, 6.07) is 5.08. The zero-order chi connectivity index (χ0) is 13.1. The highest BCUT2D eigenvalue weighted by Crippen LogP contribution is 2.26. The van der Waals surface area contributed by atoms with Crippen molar-refractivity contribution in [3.8, 4) is 0 Å². The van der Waals surface area contributed by atoms with E-state index >= 15 is 0 Å². The fourth-order valence-electron chi connectivity index (χ4n) is 2.50. The van der Waals surface area contributed by atoms with E-state index in [1.165, 1.54) is 16.6 Å². The maximum absolute atomic E-state index is 13.3. The third-order valence-corrected chi connectivity index (χ3v) is 3.62. The number of hydrogen-bond donors (Lipinski definition) is 1. The molecule has 1 N–H and O–H groups in total. The quantitative estimate of drug-likeness (QED) is 0.804. The molecule has 0 fully saturated rings. The van der Waals surface area contributed by atoms with Gasteiger partial charge in [-0.15, -0.1) is 0 Å². The number of nitrogens with zero attached hydrogens (tertiary/aromatic N) is 1. The first kappa shape index (κ1) is 13.1. The van der Waals surface area contributed by atoms with Gasteiger partial charge < -0.3 is 9.88 Å². The van der Waals surface area contributed by atoms with E-state index in [2.05, 4.69) is 23.7 Å². The van der Waals surface area contributed by atoms with Crippen LogP contribution in [0.25, 0.3) is 10.9 Å². The van der Waals surface area contributed by atoms with Crippen LogP contribution in [0.5, 0.6) is 0 Å².